The van der Waals surface area contributed by atoms with Gasteiger partial charge < -0.3 is 9.47 Å². The molecule has 1 heterocycles. The normalized spacial score (nSPS) is 36.7. The third-order valence-electron chi connectivity index (χ3n) is 1.43. The predicted octanol–water partition coefficient (Wildman–Crippen LogP) is 1.53. The molecule has 3 heteroatoms. The molecule has 0 unspecified atom stereocenters. The topological polar surface area (TPSA) is 18.5 Å². The monoisotopic (exact) mass is 194 g/mol. The SMILES string of the molecule is CO[C@@H]1OCCC[C@@H]1Br. The van der Waals surface area contributed by atoms with Crippen molar-refractivity contribution >= 4 is 15.9 Å². The lowest BCUT2D eigenvalue weighted by atomic mass is 10.2. The molecule has 0 aliphatic carbocycles. The molecular formula is C6H11BrO2. The smallest absolute Gasteiger partial charge is 0.169 e. The van der Waals surface area contributed by atoms with Gasteiger partial charge in [0, 0.05) is 13.7 Å². The van der Waals surface area contributed by atoms with Crippen molar-refractivity contribution in [3.63, 3.8) is 0 Å². The van der Waals surface area contributed by atoms with Gasteiger partial charge in [0.2, 0.25) is 0 Å². The number of hydrogen-bond acceptors (Lipinski definition) is 2. The van der Waals surface area contributed by atoms with Crippen LogP contribution in [-0.2, 0) is 9.47 Å². The summed E-state index contributed by atoms with van der Waals surface area (Å²) in [7, 11) is 1.67. The maximum Gasteiger partial charge on any atom is 0.169 e. The second kappa shape index (κ2) is 3.54. The lowest BCUT2D eigenvalue weighted by molar-refractivity contribution is -0.139. The molecule has 0 spiro atoms. The van der Waals surface area contributed by atoms with Gasteiger partial charge in [-0.1, -0.05) is 15.9 Å². The second-order valence-corrected chi connectivity index (χ2v) is 3.31. The summed E-state index contributed by atoms with van der Waals surface area (Å²) in [5.41, 5.74) is 0. The van der Waals surface area contributed by atoms with Crippen LogP contribution in [0, 0.1) is 0 Å². The fraction of sp³-hybridized carbons (Fsp3) is 1.00. The molecule has 0 amide bonds. The summed E-state index contributed by atoms with van der Waals surface area (Å²) in [5, 5.41) is 0. The average molecular weight is 195 g/mol. The Bertz CT molecular complexity index is 87.1. The molecule has 1 aliphatic heterocycles. The quantitative estimate of drug-likeness (QED) is 0.590. The van der Waals surface area contributed by atoms with Gasteiger partial charge in [0.15, 0.2) is 6.29 Å². The zero-order valence-electron chi connectivity index (χ0n) is 5.47. The maximum atomic E-state index is 5.27. The van der Waals surface area contributed by atoms with Crippen LogP contribution in [0.3, 0.4) is 0 Å². The largest absolute Gasteiger partial charge is 0.355 e. The summed E-state index contributed by atoms with van der Waals surface area (Å²) in [4.78, 5) is 0.385. The number of halogens is 1. The molecule has 0 N–H and O–H groups in total. The van der Waals surface area contributed by atoms with E-state index in [1.165, 1.54) is 0 Å². The van der Waals surface area contributed by atoms with Gasteiger partial charge in [-0.3, -0.25) is 0 Å². The third kappa shape index (κ3) is 1.92. The summed E-state index contributed by atoms with van der Waals surface area (Å²) >= 11 is 3.46. The van der Waals surface area contributed by atoms with E-state index >= 15 is 0 Å². The molecule has 0 aromatic carbocycles. The van der Waals surface area contributed by atoms with Gasteiger partial charge in [0.25, 0.3) is 0 Å². The molecule has 0 aromatic rings. The first kappa shape index (κ1) is 7.51. The lowest BCUT2D eigenvalue weighted by Gasteiger charge is -2.25. The van der Waals surface area contributed by atoms with E-state index in [0.29, 0.717) is 4.83 Å². The van der Waals surface area contributed by atoms with E-state index in [0.717, 1.165) is 19.4 Å². The molecule has 1 fully saturated rings. The van der Waals surface area contributed by atoms with Gasteiger partial charge >= 0.3 is 0 Å². The van der Waals surface area contributed by atoms with E-state index in [4.69, 9.17) is 9.47 Å². The molecule has 0 radical (unpaired) electrons. The zero-order chi connectivity index (χ0) is 6.69. The van der Waals surface area contributed by atoms with Gasteiger partial charge in [-0.2, -0.15) is 0 Å². The van der Waals surface area contributed by atoms with Crippen molar-refractivity contribution in [2.24, 2.45) is 0 Å². The molecule has 1 aliphatic rings. The average Bonchev–Trinajstić information content (AvgIpc) is 1.89. The molecule has 0 saturated carbocycles. The van der Waals surface area contributed by atoms with Crippen LogP contribution in [0.2, 0.25) is 0 Å². The predicted molar refractivity (Wildman–Crippen MR) is 38.7 cm³/mol. The maximum absolute atomic E-state index is 5.27. The van der Waals surface area contributed by atoms with E-state index in [1.54, 1.807) is 7.11 Å². The molecule has 0 bridgehead atoms. The Kier molecular flexibility index (Phi) is 2.95. The molecule has 9 heavy (non-hydrogen) atoms. The highest BCUT2D eigenvalue weighted by Gasteiger charge is 2.22. The molecule has 2 atom stereocenters. The van der Waals surface area contributed by atoms with E-state index in [-0.39, 0.29) is 6.29 Å². The summed E-state index contributed by atoms with van der Waals surface area (Å²) in [6.45, 7) is 0.834. The minimum atomic E-state index is -0.0289. The first-order valence-electron chi connectivity index (χ1n) is 3.13. The van der Waals surface area contributed by atoms with Gasteiger partial charge in [0.05, 0.1) is 4.83 Å². The Morgan fingerprint density at radius 1 is 1.67 bits per heavy atom. The number of hydrogen-bond donors (Lipinski definition) is 0. The van der Waals surface area contributed by atoms with Gasteiger partial charge in [-0.15, -0.1) is 0 Å². The van der Waals surface area contributed by atoms with Crippen LogP contribution < -0.4 is 0 Å². The molecule has 2 nitrogen and oxygen atoms in total. The molecule has 1 saturated heterocycles. The van der Waals surface area contributed by atoms with Crippen LogP contribution in [0.4, 0.5) is 0 Å². The zero-order valence-corrected chi connectivity index (χ0v) is 7.06. The number of alkyl halides is 1. The van der Waals surface area contributed by atoms with Crippen molar-refractivity contribution in [3.8, 4) is 0 Å². The van der Waals surface area contributed by atoms with Crippen molar-refractivity contribution in [1.29, 1.82) is 0 Å². The van der Waals surface area contributed by atoms with Crippen molar-refractivity contribution < 1.29 is 9.47 Å². The number of ether oxygens (including phenoxy) is 2. The van der Waals surface area contributed by atoms with E-state index in [2.05, 4.69) is 15.9 Å². The third-order valence-corrected chi connectivity index (χ3v) is 2.32. The molecule has 0 aromatic heterocycles. The fourth-order valence-corrected chi connectivity index (χ4v) is 1.63. The minimum Gasteiger partial charge on any atom is -0.355 e. The van der Waals surface area contributed by atoms with Crippen molar-refractivity contribution in [2.45, 2.75) is 24.0 Å². The highest BCUT2D eigenvalue weighted by Crippen LogP contribution is 2.20. The van der Waals surface area contributed by atoms with Gasteiger partial charge in [-0.05, 0) is 12.8 Å². The lowest BCUT2D eigenvalue weighted by Crippen LogP contribution is -2.31. The summed E-state index contributed by atoms with van der Waals surface area (Å²) in [6, 6.07) is 0. The van der Waals surface area contributed by atoms with Crippen LogP contribution in [0.5, 0.6) is 0 Å². The minimum absolute atomic E-state index is 0.0289. The van der Waals surface area contributed by atoms with E-state index in [9.17, 15) is 0 Å². The van der Waals surface area contributed by atoms with Crippen LogP contribution in [0.1, 0.15) is 12.8 Å². The fourth-order valence-electron chi connectivity index (χ4n) is 0.934. The van der Waals surface area contributed by atoms with Gasteiger partial charge in [0.1, 0.15) is 0 Å². The van der Waals surface area contributed by atoms with Crippen molar-refractivity contribution in [3.05, 3.63) is 0 Å². The Labute approximate surface area is 63.7 Å². The summed E-state index contributed by atoms with van der Waals surface area (Å²) in [6.07, 6.45) is 2.26. The summed E-state index contributed by atoms with van der Waals surface area (Å²) in [5.74, 6) is 0. The van der Waals surface area contributed by atoms with Crippen molar-refractivity contribution in [2.75, 3.05) is 13.7 Å². The number of rotatable bonds is 1. The highest BCUT2D eigenvalue weighted by molar-refractivity contribution is 9.09. The number of methoxy groups -OCH3 is 1. The van der Waals surface area contributed by atoms with Crippen LogP contribution in [0.15, 0.2) is 0 Å². The van der Waals surface area contributed by atoms with E-state index in [1.807, 2.05) is 0 Å². The van der Waals surface area contributed by atoms with Crippen LogP contribution >= 0.6 is 15.9 Å². The summed E-state index contributed by atoms with van der Waals surface area (Å²) < 4.78 is 10.3. The first-order valence-corrected chi connectivity index (χ1v) is 4.04. The van der Waals surface area contributed by atoms with E-state index < -0.39 is 0 Å². The Hall–Kier alpha value is 0.400. The van der Waals surface area contributed by atoms with Crippen LogP contribution in [0.25, 0.3) is 0 Å². The first-order chi connectivity index (χ1) is 4.34. The Morgan fingerprint density at radius 2 is 2.44 bits per heavy atom. The van der Waals surface area contributed by atoms with Crippen LogP contribution in [-0.4, -0.2) is 24.8 Å². The molecule has 54 valence electrons. The Balaban J connectivity index is 2.30. The highest BCUT2D eigenvalue weighted by atomic mass is 79.9. The molecular weight excluding hydrogens is 184 g/mol. The second-order valence-electron chi connectivity index (χ2n) is 2.13. The standard InChI is InChI=1S/C6H11BrO2/c1-8-6-5(7)3-2-4-9-6/h5-6H,2-4H2,1H3/t5-,6+/m0/s1. The molecule has 1 rings (SSSR count). The van der Waals surface area contributed by atoms with Crippen molar-refractivity contribution in [1.82, 2.24) is 0 Å². The van der Waals surface area contributed by atoms with Gasteiger partial charge in [-0.25, -0.2) is 0 Å². The Morgan fingerprint density at radius 3 is 2.89 bits per heavy atom.